The minimum atomic E-state index is -4.28. The van der Waals surface area contributed by atoms with Gasteiger partial charge in [0.15, 0.2) is 0 Å². The van der Waals surface area contributed by atoms with Crippen molar-refractivity contribution in [2.75, 3.05) is 6.61 Å². The Morgan fingerprint density at radius 1 is 0.800 bits per heavy atom. The van der Waals surface area contributed by atoms with Gasteiger partial charge in [-0.3, -0.25) is 0 Å². The third-order valence-electron chi connectivity index (χ3n) is 4.48. The van der Waals surface area contributed by atoms with Crippen molar-refractivity contribution in [2.24, 2.45) is 0 Å². The molecule has 0 aliphatic rings. The van der Waals surface area contributed by atoms with E-state index in [9.17, 15) is 13.2 Å². The fourth-order valence-corrected chi connectivity index (χ4v) is 3.48. The highest BCUT2D eigenvalue weighted by atomic mass is 32.2. The van der Waals surface area contributed by atoms with Gasteiger partial charge >= 0.3 is 5.51 Å². The van der Waals surface area contributed by atoms with E-state index in [0.717, 1.165) is 22.6 Å². The molecule has 0 radical (unpaired) electrons. The monoisotopic (exact) mass is 432 g/mol. The highest BCUT2D eigenvalue weighted by Crippen LogP contribution is 2.37. The van der Waals surface area contributed by atoms with Crippen molar-refractivity contribution in [1.82, 2.24) is 0 Å². The Balaban J connectivity index is 1.55. The first kappa shape index (κ1) is 22.2. The highest BCUT2D eigenvalue weighted by Gasteiger charge is 2.29. The molecule has 0 fully saturated rings. The maximum absolute atomic E-state index is 12.5. The summed E-state index contributed by atoms with van der Waals surface area (Å²) in [5.41, 5.74) is -2.70. The third-order valence-corrected chi connectivity index (χ3v) is 5.22. The molecule has 0 heterocycles. The van der Waals surface area contributed by atoms with Gasteiger partial charge in [0.1, 0.15) is 11.5 Å². The minimum absolute atomic E-state index is 0.106. The van der Waals surface area contributed by atoms with Gasteiger partial charge in [0.2, 0.25) is 0 Å². The average molecular weight is 433 g/mol. The Labute approximate surface area is 179 Å². The first-order valence-corrected chi connectivity index (χ1v) is 10.3. The maximum atomic E-state index is 12.5. The van der Waals surface area contributed by atoms with Gasteiger partial charge in [-0.2, -0.15) is 13.2 Å². The van der Waals surface area contributed by atoms with Crippen LogP contribution in [-0.2, 0) is 16.8 Å². The van der Waals surface area contributed by atoms with Crippen LogP contribution in [0.25, 0.3) is 0 Å². The quantitative estimate of drug-likeness (QED) is 0.342. The van der Waals surface area contributed by atoms with Gasteiger partial charge in [0.25, 0.3) is 0 Å². The van der Waals surface area contributed by atoms with Crippen molar-refractivity contribution >= 4 is 11.8 Å². The van der Waals surface area contributed by atoms with Crippen LogP contribution in [0.1, 0.15) is 25.0 Å². The summed E-state index contributed by atoms with van der Waals surface area (Å²) in [7, 11) is 0. The van der Waals surface area contributed by atoms with Crippen molar-refractivity contribution < 1.29 is 22.6 Å². The van der Waals surface area contributed by atoms with Crippen LogP contribution in [-0.4, -0.2) is 12.1 Å². The number of para-hydroxylation sites is 1. The second kappa shape index (κ2) is 9.58. The lowest BCUT2D eigenvalue weighted by molar-refractivity contribution is -0.0328. The van der Waals surface area contributed by atoms with Crippen LogP contribution in [0.2, 0.25) is 0 Å². The van der Waals surface area contributed by atoms with Crippen LogP contribution >= 0.6 is 11.8 Å². The number of hydrogen-bond acceptors (Lipinski definition) is 3. The molecule has 0 saturated carbocycles. The molecule has 0 amide bonds. The Kier molecular flexibility index (Phi) is 7.10. The number of rotatable bonds is 8. The number of ether oxygens (including phenoxy) is 2. The summed E-state index contributed by atoms with van der Waals surface area (Å²) < 4.78 is 49.2. The minimum Gasteiger partial charge on any atom is -0.457 e. The summed E-state index contributed by atoms with van der Waals surface area (Å²) in [6, 6.07) is 23.7. The molecule has 3 aromatic carbocycles. The molecule has 0 bridgehead atoms. The fourth-order valence-electron chi connectivity index (χ4n) is 2.94. The molecular weight excluding hydrogens is 409 g/mol. The van der Waals surface area contributed by atoms with Crippen molar-refractivity contribution in [3.63, 3.8) is 0 Å². The number of alkyl halides is 3. The highest BCUT2D eigenvalue weighted by molar-refractivity contribution is 8.00. The van der Waals surface area contributed by atoms with Gasteiger partial charge in [-0.15, -0.1) is 0 Å². The van der Waals surface area contributed by atoms with Crippen LogP contribution in [0.3, 0.4) is 0 Å². The number of halogens is 3. The van der Waals surface area contributed by atoms with Crippen molar-refractivity contribution in [3.05, 3.63) is 90.0 Å². The van der Waals surface area contributed by atoms with E-state index in [1.807, 2.05) is 68.4 Å². The predicted octanol–water partition coefficient (Wildman–Crippen LogP) is 7.59. The molecule has 2 nitrogen and oxygen atoms in total. The second-order valence-electron chi connectivity index (χ2n) is 7.51. The largest absolute Gasteiger partial charge is 0.457 e. The maximum Gasteiger partial charge on any atom is 0.446 e. The summed E-state index contributed by atoms with van der Waals surface area (Å²) in [5, 5.41) is 0. The molecule has 0 aromatic heterocycles. The SMILES string of the molecule is CC(C)(COCc1cccc(Oc2ccccc2)c1)c1ccc(SC(F)(F)F)cc1. The van der Waals surface area contributed by atoms with Gasteiger partial charge in [-0.25, -0.2) is 0 Å². The Bertz CT molecular complexity index is 939. The second-order valence-corrected chi connectivity index (χ2v) is 8.65. The summed E-state index contributed by atoms with van der Waals surface area (Å²) in [4.78, 5) is 0.179. The zero-order chi connectivity index (χ0) is 21.6. The fraction of sp³-hybridized carbons (Fsp3) is 0.250. The summed E-state index contributed by atoms with van der Waals surface area (Å²) >= 11 is -0.106. The number of thioether (sulfide) groups is 1. The molecule has 0 spiro atoms. The van der Waals surface area contributed by atoms with Crippen LogP contribution in [0.5, 0.6) is 11.5 Å². The first-order valence-electron chi connectivity index (χ1n) is 9.47. The van der Waals surface area contributed by atoms with Crippen LogP contribution in [0, 0.1) is 0 Å². The lowest BCUT2D eigenvalue weighted by Crippen LogP contribution is -2.24. The van der Waals surface area contributed by atoms with E-state index in [2.05, 4.69) is 0 Å². The number of hydrogen-bond donors (Lipinski definition) is 0. The van der Waals surface area contributed by atoms with E-state index >= 15 is 0 Å². The van der Waals surface area contributed by atoms with E-state index < -0.39 is 5.51 Å². The van der Waals surface area contributed by atoms with Crippen LogP contribution in [0.4, 0.5) is 13.2 Å². The van der Waals surface area contributed by atoms with Crippen molar-refractivity contribution in [2.45, 2.75) is 36.3 Å². The molecule has 0 N–H and O–H groups in total. The van der Waals surface area contributed by atoms with E-state index in [-0.39, 0.29) is 22.1 Å². The molecule has 158 valence electrons. The molecule has 30 heavy (non-hydrogen) atoms. The molecule has 0 aliphatic carbocycles. The Hall–Kier alpha value is -2.44. The predicted molar refractivity (Wildman–Crippen MR) is 114 cm³/mol. The Morgan fingerprint density at radius 2 is 1.47 bits per heavy atom. The molecule has 0 unspecified atom stereocenters. The lowest BCUT2D eigenvalue weighted by Gasteiger charge is -2.25. The van der Waals surface area contributed by atoms with Gasteiger partial charge in [0.05, 0.1) is 13.2 Å². The molecule has 3 aromatic rings. The average Bonchev–Trinajstić information content (AvgIpc) is 2.68. The molecule has 6 heteroatoms. The molecular formula is C24H23F3O2S. The molecule has 0 atom stereocenters. The smallest absolute Gasteiger partial charge is 0.446 e. The van der Waals surface area contributed by atoms with Crippen LogP contribution in [0.15, 0.2) is 83.8 Å². The van der Waals surface area contributed by atoms with Gasteiger partial charge in [-0.1, -0.05) is 56.3 Å². The van der Waals surface area contributed by atoms with Crippen LogP contribution < -0.4 is 4.74 Å². The van der Waals surface area contributed by atoms with E-state index in [1.165, 1.54) is 12.1 Å². The molecule has 0 saturated heterocycles. The molecule has 0 aliphatic heterocycles. The summed E-state index contributed by atoms with van der Waals surface area (Å²) in [6.45, 7) is 4.86. The van der Waals surface area contributed by atoms with E-state index in [4.69, 9.17) is 9.47 Å². The Morgan fingerprint density at radius 3 is 2.13 bits per heavy atom. The number of benzene rings is 3. The first-order chi connectivity index (χ1) is 14.2. The third kappa shape index (κ3) is 6.82. The van der Waals surface area contributed by atoms with Gasteiger partial charge < -0.3 is 9.47 Å². The van der Waals surface area contributed by atoms with Crippen molar-refractivity contribution in [1.29, 1.82) is 0 Å². The summed E-state index contributed by atoms with van der Waals surface area (Å²) in [5.74, 6) is 1.50. The van der Waals surface area contributed by atoms with Gasteiger partial charge in [0, 0.05) is 10.3 Å². The van der Waals surface area contributed by atoms with E-state index in [0.29, 0.717) is 13.2 Å². The zero-order valence-electron chi connectivity index (χ0n) is 16.8. The summed E-state index contributed by atoms with van der Waals surface area (Å²) in [6.07, 6.45) is 0. The lowest BCUT2D eigenvalue weighted by atomic mass is 9.86. The van der Waals surface area contributed by atoms with Gasteiger partial charge in [-0.05, 0) is 59.3 Å². The van der Waals surface area contributed by atoms with E-state index in [1.54, 1.807) is 12.1 Å². The standard InChI is InChI=1S/C24H23F3O2S/c1-23(2,19-11-13-22(14-12-19)30-24(25,26)27)17-28-16-18-7-6-10-21(15-18)29-20-8-4-3-5-9-20/h3-15H,16-17H2,1-2H3. The topological polar surface area (TPSA) is 18.5 Å². The normalized spacial score (nSPS) is 12.0. The van der Waals surface area contributed by atoms with Crippen molar-refractivity contribution in [3.8, 4) is 11.5 Å². The molecule has 3 rings (SSSR count). The zero-order valence-corrected chi connectivity index (χ0v) is 17.6.